The number of hydrogen-bond acceptors (Lipinski definition) is 5. The third-order valence-electron chi connectivity index (χ3n) is 7.22. The molecule has 2 heterocycles. The number of carbonyl (C=O) groups excluding carboxylic acids is 2. The lowest BCUT2D eigenvalue weighted by Crippen LogP contribution is -2.56. The lowest BCUT2D eigenvalue weighted by Gasteiger charge is -2.41. The highest BCUT2D eigenvalue weighted by Gasteiger charge is 2.50. The molecule has 2 amide bonds. The zero-order chi connectivity index (χ0) is 26.1. The Balaban J connectivity index is 1.49. The summed E-state index contributed by atoms with van der Waals surface area (Å²) in [4.78, 5) is 31.7. The molecule has 4 unspecified atom stereocenters. The number of nitrogens with zero attached hydrogens (tertiary/aromatic N) is 1. The zero-order valence-electron chi connectivity index (χ0n) is 21.1. The van der Waals surface area contributed by atoms with E-state index in [9.17, 15) is 19.8 Å². The summed E-state index contributed by atoms with van der Waals surface area (Å²) in [5.41, 5.74) is 3.28. The summed E-state index contributed by atoms with van der Waals surface area (Å²) in [6, 6.07) is 16.8. The van der Waals surface area contributed by atoms with Gasteiger partial charge in [0.15, 0.2) is 0 Å². The minimum Gasteiger partial charge on any atom is -0.486 e. The van der Waals surface area contributed by atoms with Crippen molar-refractivity contribution >= 4 is 22.7 Å². The molecule has 1 aromatic heterocycles. The molecule has 8 heteroatoms. The van der Waals surface area contributed by atoms with E-state index in [4.69, 9.17) is 4.74 Å². The minimum absolute atomic E-state index is 0.109. The van der Waals surface area contributed by atoms with Crippen molar-refractivity contribution in [1.29, 1.82) is 0 Å². The Kier molecular flexibility index (Phi) is 7.04. The van der Waals surface area contributed by atoms with Crippen LogP contribution in [0.3, 0.4) is 0 Å². The molecule has 1 aliphatic carbocycles. The van der Waals surface area contributed by atoms with Crippen molar-refractivity contribution < 1.29 is 24.5 Å². The fraction of sp³-hybridized carbons (Fsp3) is 0.379. The summed E-state index contributed by atoms with van der Waals surface area (Å²) in [6.07, 6.45) is 0.538. The number of aliphatic hydroxyl groups excluding tert-OH is 2. The van der Waals surface area contributed by atoms with Crippen LogP contribution in [0, 0.1) is 5.92 Å². The topological polar surface area (TPSA) is 115 Å². The van der Waals surface area contributed by atoms with E-state index in [1.54, 1.807) is 11.0 Å². The van der Waals surface area contributed by atoms with Gasteiger partial charge in [-0.15, -0.1) is 0 Å². The van der Waals surface area contributed by atoms with Crippen LogP contribution < -0.4 is 10.1 Å². The molecule has 0 saturated carbocycles. The van der Waals surface area contributed by atoms with Crippen molar-refractivity contribution in [2.75, 3.05) is 19.7 Å². The first-order valence-electron chi connectivity index (χ1n) is 12.8. The van der Waals surface area contributed by atoms with Crippen molar-refractivity contribution in [1.82, 2.24) is 15.2 Å². The summed E-state index contributed by atoms with van der Waals surface area (Å²) >= 11 is 0. The minimum atomic E-state index is -1.03. The van der Waals surface area contributed by atoms with Gasteiger partial charge in [-0.25, -0.2) is 0 Å². The van der Waals surface area contributed by atoms with Gasteiger partial charge in [0.1, 0.15) is 18.0 Å². The Morgan fingerprint density at radius 1 is 1.14 bits per heavy atom. The van der Waals surface area contributed by atoms with Crippen LogP contribution in [-0.4, -0.2) is 69.9 Å². The number of benzene rings is 2. The Bertz CT molecular complexity index is 1300. The van der Waals surface area contributed by atoms with Crippen LogP contribution in [0.2, 0.25) is 0 Å². The van der Waals surface area contributed by atoms with Crippen molar-refractivity contribution in [2.45, 2.75) is 44.4 Å². The van der Waals surface area contributed by atoms with E-state index in [-0.39, 0.29) is 30.9 Å². The molecule has 2 aliphatic rings. The van der Waals surface area contributed by atoms with E-state index in [1.807, 2.05) is 62.4 Å². The molecule has 4 atom stereocenters. The maximum absolute atomic E-state index is 13.4. The van der Waals surface area contributed by atoms with E-state index in [0.29, 0.717) is 24.3 Å². The smallest absolute Gasteiger partial charge is 0.247 e. The van der Waals surface area contributed by atoms with Crippen LogP contribution in [0.4, 0.5) is 0 Å². The first-order valence-corrected chi connectivity index (χ1v) is 12.8. The summed E-state index contributed by atoms with van der Waals surface area (Å²) in [7, 11) is 0. The molecule has 0 radical (unpaired) electrons. The molecule has 8 nitrogen and oxygen atoms in total. The summed E-state index contributed by atoms with van der Waals surface area (Å²) in [5, 5.41) is 24.6. The van der Waals surface area contributed by atoms with Gasteiger partial charge in [0, 0.05) is 47.8 Å². The third kappa shape index (κ3) is 4.74. The maximum Gasteiger partial charge on any atom is 0.247 e. The number of nitrogens with one attached hydrogen (secondary N) is 2. The number of fused-ring (bicyclic) bond motifs is 4. The van der Waals surface area contributed by atoms with E-state index < -0.39 is 24.2 Å². The number of para-hydroxylation sites is 2. The molecule has 2 aromatic carbocycles. The number of carbonyl (C=O) groups is 2. The van der Waals surface area contributed by atoms with Crippen LogP contribution >= 0.6 is 0 Å². The molecule has 5 rings (SSSR count). The average Bonchev–Trinajstić information content (AvgIpc) is 3.50. The number of rotatable bonds is 8. The highest BCUT2D eigenvalue weighted by Crippen LogP contribution is 2.47. The number of aromatic nitrogens is 1. The van der Waals surface area contributed by atoms with Crippen molar-refractivity contribution in [3.63, 3.8) is 0 Å². The number of aromatic amines is 1. The molecule has 194 valence electrons. The highest BCUT2D eigenvalue weighted by atomic mass is 16.5. The monoisotopic (exact) mass is 503 g/mol. The SMILES string of the molecule is CC(C)C(=O)N(CCc1cc2ccccc2[nH]1)C1C=C(C(=O)NCCO)C2c3ccccc3OC2C1O. The molecular formula is C29H33N3O5. The van der Waals surface area contributed by atoms with Gasteiger partial charge in [0.05, 0.1) is 18.6 Å². The molecule has 37 heavy (non-hydrogen) atoms. The standard InChI is InChI=1S/C29H33N3O5/c1-17(2)29(36)32(13-11-19-15-18-7-3-5-9-22(18)31-19)23-16-21(28(35)30-12-14-33)25-20-8-4-6-10-24(20)37-27(25)26(23)34/h3-10,15-17,23,25-27,31,33-34H,11-14H2,1-2H3,(H,30,35). The van der Waals surface area contributed by atoms with Gasteiger partial charge < -0.3 is 30.2 Å². The molecule has 3 aromatic rings. The van der Waals surface area contributed by atoms with Gasteiger partial charge in [0.25, 0.3) is 0 Å². The second-order valence-corrected chi connectivity index (χ2v) is 10.00. The van der Waals surface area contributed by atoms with Crippen LogP contribution in [0.5, 0.6) is 5.75 Å². The lowest BCUT2D eigenvalue weighted by molar-refractivity contribution is -0.140. The normalized spacial score (nSPS) is 22.2. The summed E-state index contributed by atoms with van der Waals surface area (Å²) < 4.78 is 6.17. The second kappa shape index (κ2) is 10.4. The molecule has 0 spiro atoms. The van der Waals surface area contributed by atoms with Crippen LogP contribution in [-0.2, 0) is 16.0 Å². The molecule has 1 aliphatic heterocycles. The lowest BCUT2D eigenvalue weighted by atomic mass is 9.77. The fourth-order valence-corrected chi connectivity index (χ4v) is 5.44. The average molecular weight is 504 g/mol. The Hall–Kier alpha value is -3.62. The van der Waals surface area contributed by atoms with E-state index >= 15 is 0 Å². The number of aliphatic hydroxyl groups is 2. The second-order valence-electron chi connectivity index (χ2n) is 10.00. The van der Waals surface area contributed by atoms with Crippen molar-refractivity contribution in [2.24, 2.45) is 5.92 Å². The Morgan fingerprint density at radius 3 is 2.65 bits per heavy atom. The number of amides is 2. The van der Waals surface area contributed by atoms with E-state index in [0.717, 1.165) is 22.2 Å². The molecule has 4 N–H and O–H groups in total. The van der Waals surface area contributed by atoms with Crippen molar-refractivity contribution in [3.8, 4) is 5.75 Å². The molecular weight excluding hydrogens is 470 g/mol. The largest absolute Gasteiger partial charge is 0.486 e. The molecule has 0 saturated heterocycles. The summed E-state index contributed by atoms with van der Waals surface area (Å²) in [6.45, 7) is 3.94. The van der Waals surface area contributed by atoms with Gasteiger partial charge in [0.2, 0.25) is 11.8 Å². The first-order chi connectivity index (χ1) is 17.9. The molecule has 0 bridgehead atoms. The van der Waals surface area contributed by atoms with Gasteiger partial charge in [-0.1, -0.05) is 50.2 Å². The molecule has 0 fully saturated rings. The van der Waals surface area contributed by atoms with Gasteiger partial charge >= 0.3 is 0 Å². The maximum atomic E-state index is 13.4. The quantitative estimate of drug-likeness (QED) is 0.377. The van der Waals surface area contributed by atoms with Crippen LogP contribution in [0.1, 0.15) is 31.0 Å². The predicted molar refractivity (Wildman–Crippen MR) is 140 cm³/mol. The predicted octanol–water partition coefficient (Wildman–Crippen LogP) is 2.52. The van der Waals surface area contributed by atoms with Crippen LogP contribution in [0.25, 0.3) is 10.9 Å². The third-order valence-corrected chi connectivity index (χ3v) is 7.22. The van der Waals surface area contributed by atoms with E-state index in [2.05, 4.69) is 16.4 Å². The Labute approximate surface area is 215 Å². The zero-order valence-corrected chi connectivity index (χ0v) is 21.1. The van der Waals surface area contributed by atoms with E-state index in [1.165, 1.54) is 0 Å². The number of hydrogen-bond donors (Lipinski definition) is 4. The van der Waals surface area contributed by atoms with Crippen molar-refractivity contribution in [3.05, 3.63) is 77.5 Å². The number of H-pyrrole nitrogens is 1. The number of ether oxygens (including phenoxy) is 1. The van der Waals surface area contributed by atoms with Gasteiger partial charge in [-0.2, -0.15) is 0 Å². The highest BCUT2D eigenvalue weighted by molar-refractivity contribution is 5.96. The van der Waals surface area contributed by atoms with Gasteiger partial charge in [-0.05, 0) is 29.7 Å². The fourth-order valence-electron chi connectivity index (χ4n) is 5.44. The Morgan fingerprint density at radius 2 is 1.89 bits per heavy atom. The first kappa shape index (κ1) is 25.0. The van der Waals surface area contributed by atoms with Gasteiger partial charge in [-0.3, -0.25) is 9.59 Å². The van der Waals surface area contributed by atoms with Crippen LogP contribution in [0.15, 0.2) is 66.2 Å². The summed E-state index contributed by atoms with van der Waals surface area (Å²) in [5.74, 6) is -0.590.